The minimum atomic E-state index is -0.295. The normalized spacial score (nSPS) is 44.9. The minimum Gasteiger partial charge on any atom is -0.392 e. The molecule has 108 valence electrons. The maximum Gasteiger partial charge on any atom is 0.132 e. The fourth-order valence-corrected chi connectivity index (χ4v) is 4.86. The molecule has 0 radical (unpaired) electrons. The number of rotatable bonds is 1. The highest BCUT2D eigenvalue weighted by Crippen LogP contribution is 2.52. The van der Waals surface area contributed by atoms with Gasteiger partial charge in [-0.3, -0.25) is 4.79 Å². The van der Waals surface area contributed by atoms with Crippen LogP contribution < -0.4 is 0 Å². The van der Waals surface area contributed by atoms with E-state index < -0.39 is 0 Å². The molecular formula is C16H26O3. The third-order valence-corrected chi connectivity index (χ3v) is 6.26. The Morgan fingerprint density at radius 3 is 1.79 bits per heavy atom. The van der Waals surface area contributed by atoms with E-state index in [0.29, 0.717) is 11.7 Å². The lowest BCUT2D eigenvalue weighted by molar-refractivity contribution is -0.121. The topological polar surface area (TPSA) is 57.5 Å². The Labute approximate surface area is 115 Å². The predicted molar refractivity (Wildman–Crippen MR) is 72.6 cm³/mol. The van der Waals surface area contributed by atoms with Crippen LogP contribution in [0.4, 0.5) is 0 Å². The van der Waals surface area contributed by atoms with E-state index in [1.54, 1.807) is 0 Å². The molecule has 3 heteroatoms. The third-order valence-electron chi connectivity index (χ3n) is 6.26. The van der Waals surface area contributed by atoms with Crippen LogP contribution in [-0.2, 0) is 4.79 Å². The lowest BCUT2D eigenvalue weighted by Crippen LogP contribution is -2.43. The van der Waals surface area contributed by atoms with Gasteiger partial charge < -0.3 is 10.2 Å². The van der Waals surface area contributed by atoms with E-state index in [-0.39, 0.29) is 17.6 Å². The van der Waals surface area contributed by atoms with Crippen molar-refractivity contribution in [3.63, 3.8) is 0 Å². The molecule has 3 aliphatic rings. The molecule has 0 bridgehead atoms. The average Bonchev–Trinajstić information content (AvgIpc) is 2.70. The van der Waals surface area contributed by atoms with Crippen LogP contribution in [0.1, 0.15) is 64.2 Å². The Balaban J connectivity index is 1.59. The maximum atomic E-state index is 11.3. The predicted octanol–water partition coefficient (Wildman–Crippen LogP) is 2.44. The summed E-state index contributed by atoms with van der Waals surface area (Å²) in [7, 11) is 0. The molecule has 1 spiro atoms. The summed E-state index contributed by atoms with van der Waals surface area (Å²) in [6, 6.07) is 0. The van der Waals surface area contributed by atoms with Gasteiger partial charge in [0.15, 0.2) is 0 Å². The molecule has 3 nitrogen and oxygen atoms in total. The molecule has 0 heterocycles. The highest BCUT2D eigenvalue weighted by Gasteiger charge is 2.51. The zero-order chi connectivity index (χ0) is 13.5. The van der Waals surface area contributed by atoms with Gasteiger partial charge in [-0.25, -0.2) is 0 Å². The third kappa shape index (κ3) is 2.36. The summed E-state index contributed by atoms with van der Waals surface area (Å²) in [5, 5.41) is 20.4. The summed E-state index contributed by atoms with van der Waals surface area (Å²) in [6.45, 7) is 0. The van der Waals surface area contributed by atoms with E-state index >= 15 is 0 Å². The van der Waals surface area contributed by atoms with Crippen LogP contribution in [0.2, 0.25) is 0 Å². The Hall–Kier alpha value is -0.410. The van der Waals surface area contributed by atoms with Crippen molar-refractivity contribution in [1.82, 2.24) is 0 Å². The molecular weight excluding hydrogens is 240 g/mol. The molecule has 19 heavy (non-hydrogen) atoms. The second-order valence-corrected chi connectivity index (χ2v) is 7.06. The first-order chi connectivity index (χ1) is 9.12. The molecule has 0 aromatic carbocycles. The van der Waals surface area contributed by atoms with Crippen molar-refractivity contribution in [2.24, 2.45) is 17.3 Å². The van der Waals surface area contributed by atoms with Crippen molar-refractivity contribution < 1.29 is 15.0 Å². The van der Waals surface area contributed by atoms with Gasteiger partial charge in [-0.05, 0) is 63.2 Å². The molecule has 2 N–H and O–H groups in total. The highest BCUT2D eigenvalue weighted by atomic mass is 16.3. The van der Waals surface area contributed by atoms with Crippen molar-refractivity contribution in [3.8, 4) is 0 Å². The number of carbonyl (C=O) groups excluding carboxylic acids is 1. The number of Topliss-reactive ketones (excluding diaryl/α,β-unsaturated/α-hetero) is 1. The average molecular weight is 266 g/mol. The van der Waals surface area contributed by atoms with E-state index in [1.165, 1.54) is 0 Å². The molecule has 0 aliphatic heterocycles. The second kappa shape index (κ2) is 5.17. The molecule has 0 amide bonds. The summed E-state index contributed by atoms with van der Waals surface area (Å²) < 4.78 is 0. The molecule has 3 fully saturated rings. The zero-order valence-electron chi connectivity index (χ0n) is 11.7. The molecule has 0 aromatic heterocycles. The van der Waals surface area contributed by atoms with Gasteiger partial charge in [0, 0.05) is 18.3 Å². The Kier molecular flexibility index (Phi) is 3.69. The fourth-order valence-electron chi connectivity index (χ4n) is 4.86. The number of aliphatic hydroxyl groups excluding tert-OH is 2. The van der Waals surface area contributed by atoms with E-state index in [0.717, 1.165) is 70.1 Å². The summed E-state index contributed by atoms with van der Waals surface area (Å²) in [5.74, 6) is 1.87. The van der Waals surface area contributed by atoms with E-state index in [4.69, 9.17) is 0 Å². The summed E-state index contributed by atoms with van der Waals surface area (Å²) in [6.07, 6.45) is 8.86. The number of aliphatic hydroxyl groups is 2. The van der Waals surface area contributed by atoms with Crippen LogP contribution in [-0.4, -0.2) is 28.2 Å². The molecule has 2 unspecified atom stereocenters. The molecule has 3 rings (SSSR count). The maximum absolute atomic E-state index is 11.3. The van der Waals surface area contributed by atoms with E-state index in [2.05, 4.69) is 0 Å². The van der Waals surface area contributed by atoms with Gasteiger partial charge in [0.1, 0.15) is 5.78 Å². The van der Waals surface area contributed by atoms with Crippen LogP contribution in [0.15, 0.2) is 0 Å². The molecule has 0 aromatic rings. The summed E-state index contributed by atoms with van der Waals surface area (Å²) in [5.41, 5.74) is -0.193. The molecule has 3 saturated carbocycles. The lowest BCUT2D eigenvalue weighted by atomic mass is 9.63. The first-order valence-corrected chi connectivity index (χ1v) is 7.99. The molecule has 3 aliphatic carbocycles. The Morgan fingerprint density at radius 2 is 1.26 bits per heavy atom. The van der Waals surface area contributed by atoms with Gasteiger partial charge in [-0.2, -0.15) is 0 Å². The zero-order valence-corrected chi connectivity index (χ0v) is 11.7. The lowest BCUT2D eigenvalue weighted by Gasteiger charge is -2.44. The van der Waals surface area contributed by atoms with Gasteiger partial charge >= 0.3 is 0 Å². The minimum absolute atomic E-state index is 0.193. The van der Waals surface area contributed by atoms with Gasteiger partial charge in [-0.15, -0.1) is 0 Å². The number of hydrogen-bond donors (Lipinski definition) is 2. The first-order valence-electron chi connectivity index (χ1n) is 7.99. The quantitative estimate of drug-likeness (QED) is 0.766. The van der Waals surface area contributed by atoms with E-state index in [9.17, 15) is 15.0 Å². The van der Waals surface area contributed by atoms with Crippen molar-refractivity contribution in [2.45, 2.75) is 76.4 Å². The van der Waals surface area contributed by atoms with Crippen LogP contribution >= 0.6 is 0 Å². The van der Waals surface area contributed by atoms with Gasteiger partial charge in [-0.1, -0.05) is 0 Å². The summed E-state index contributed by atoms with van der Waals surface area (Å²) in [4.78, 5) is 11.3. The van der Waals surface area contributed by atoms with Gasteiger partial charge in [0.05, 0.1) is 12.2 Å². The first kappa shape index (κ1) is 13.6. The van der Waals surface area contributed by atoms with Crippen molar-refractivity contribution in [3.05, 3.63) is 0 Å². The number of hydrogen-bond acceptors (Lipinski definition) is 3. The monoisotopic (exact) mass is 266 g/mol. The van der Waals surface area contributed by atoms with Crippen LogP contribution in [0.5, 0.6) is 0 Å². The molecule has 2 atom stereocenters. The summed E-state index contributed by atoms with van der Waals surface area (Å²) >= 11 is 0. The van der Waals surface area contributed by atoms with Gasteiger partial charge in [0.2, 0.25) is 0 Å². The van der Waals surface area contributed by atoms with Crippen LogP contribution in [0.3, 0.4) is 0 Å². The van der Waals surface area contributed by atoms with Crippen LogP contribution in [0.25, 0.3) is 0 Å². The van der Waals surface area contributed by atoms with E-state index in [1.807, 2.05) is 0 Å². The number of carbonyl (C=O) groups is 1. The van der Waals surface area contributed by atoms with Crippen LogP contribution in [0, 0.1) is 17.3 Å². The standard InChI is InChI=1S/C16H26O3/c17-13-3-1-11(2-4-13)12-7-9-16(10-8-12)14(18)5-6-15(16)19/h11-12,14-15,18-19H,1-10H2. The number of ketones is 1. The molecule has 0 saturated heterocycles. The highest BCUT2D eigenvalue weighted by molar-refractivity contribution is 5.79. The van der Waals surface area contributed by atoms with Gasteiger partial charge in [0.25, 0.3) is 0 Å². The Bertz CT molecular complexity index is 322. The fraction of sp³-hybridized carbons (Fsp3) is 0.938. The largest absolute Gasteiger partial charge is 0.392 e. The second-order valence-electron chi connectivity index (χ2n) is 7.06. The van der Waals surface area contributed by atoms with Crippen molar-refractivity contribution >= 4 is 5.78 Å². The smallest absolute Gasteiger partial charge is 0.132 e. The van der Waals surface area contributed by atoms with Crippen molar-refractivity contribution in [1.29, 1.82) is 0 Å². The SMILES string of the molecule is O=C1CCC(C2CCC3(CC2)C(O)CCC3O)CC1. The Morgan fingerprint density at radius 1 is 0.789 bits per heavy atom. The van der Waals surface area contributed by atoms with Crippen molar-refractivity contribution in [2.75, 3.05) is 0 Å².